The first-order chi connectivity index (χ1) is 15.7. The van der Waals surface area contributed by atoms with Crippen molar-refractivity contribution in [3.63, 3.8) is 0 Å². The highest BCUT2D eigenvalue weighted by atomic mass is 32.1. The first kappa shape index (κ1) is 23.4. The molecule has 1 aliphatic rings. The topological polar surface area (TPSA) is 97.5 Å². The van der Waals surface area contributed by atoms with Crippen LogP contribution >= 0.6 is 11.3 Å². The minimum atomic E-state index is -1.15. The standard InChI is InChI=1S/C25H28FN3O3S/c1-25(2,31)16-9-10-18(20(26)11-16)21-12-19(23(27)30)24(33-21)29-22-8-4-7-17(28-22)14-32-13-15-5-3-6-15/h4,7-12,15,31H,3,5-6,13-14H2,1-2H3,(H2,27,30)(H,28,29). The summed E-state index contributed by atoms with van der Waals surface area (Å²) in [6.07, 6.45) is 3.74. The molecule has 0 spiro atoms. The number of pyridine rings is 1. The highest BCUT2D eigenvalue weighted by Crippen LogP contribution is 2.38. The van der Waals surface area contributed by atoms with Crippen molar-refractivity contribution < 1.29 is 19.0 Å². The molecule has 33 heavy (non-hydrogen) atoms. The van der Waals surface area contributed by atoms with Crippen molar-refractivity contribution >= 4 is 28.1 Å². The van der Waals surface area contributed by atoms with Gasteiger partial charge in [-0.1, -0.05) is 24.6 Å². The number of halogens is 1. The van der Waals surface area contributed by atoms with Crippen LogP contribution in [0.2, 0.25) is 0 Å². The fourth-order valence-electron chi connectivity index (χ4n) is 3.63. The third-order valence-electron chi connectivity index (χ3n) is 5.82. The van der Waals surface area contributed by atoms with Crippen molar-refractivity contribution in [3.8, 4) is 10.4 Å². The normalized spacial score (nSPS) is 14.2. The molecule has 2 heterocycles. The van der Waals surface area contributed by atoms with Gasteiger partial charge in [0.05, 0.1) is 23.5 Å². The maximum Gasteiger partial charge on any atom is 0.251 e. The van der Waals surface area contributed by atoms with Gasteiger partial charge in [-0.25, -0.2) is 9.37 Å². The third-order valence-corrected chi connectivity index (χ3v) is 6.90. The van der Waals surface area contributed by atoms with Crippen LogP contribution in [0.15, 0.2) is 42.5 Å². The number of anilines is 2. The fraction of sp³-hybridized carbons (Fsp3) is 0.360. The number of amides is 1. The molecule has 0 radical (unpaired) electrons. The maximum absolute atomic E-state index is 14.8. The lowest BCUT2D eigenvalue weighted by Crippen LogP contribution is -2.17. The van der Waals surface area contributed by atoms with Gasteiger partial charge in [0.15, 0.2) is 0 Å². The van der Waals surface area contributed by atoms with Crippen LogP contribution < -0.4 is 11.1 Å². The summed E-state index contributed by atoms with van der Waals surface area (Å²) < 4.78 is 20.6. The van der Waals surface area contributed by atoms with Crippen molar-refractivity contribution in [1.82, 2.24) is 4.98 Å². The highest BCUT2D eigenvalue weighted by Gasteiger charge is 2.21. The number of hydrogen-bond acceptors (Lipinski definition) is 6. The van der Waals surface area contributed by atoms with Crippen molar-refractivity contribution in [1.29, 1.82) is 0 Å². The summed E-state index contributed by atoms with van der Waals surface area (Å²) >= 11 is 1.22. The summed E-state index contributed by atoms with van der Waals surface area (Å²) in [5.41, 5.74) is 6.26. The third kappa shape index (κ3) is 5.58. The average molecular weight is 470 g/mol. The smallest absolute Gasteiger partial charge is 0.251 e. The quantitative estimate of drug-likeness (QED) is 0.393. The monoisotopic (exact) mass is 469 g/mol. The molecule has 1 saturated carbocycles. The number of carbonyl (C=O) groups is 1. The van der Waals surface area contributed by atoms with E-state index < -0.39 is 17.3 Å². The van der Waals surface area contributed by atoms with E-state index in [1.807, 2.05) is 12.1 Å². The highest BCUT2D eigenvalue weighted by molar-refractivity contribution is 7.19. The molecule has 0 saturated heterocycles. The second-order valence-electron chi connectivity index (χ2n) is 8.92. The Hall–Kier alpha value is -2.81. The number of carbonyl (C=O) groups excluding carboxylic acids is 1. The fourth-order valence-corrected chi connectivity index (χ4v) is 4.73. The molecule has 8 heteroatoms. The van der Waals surface area contributed by atoms with E-state index in [2.05, 4.69) is 10.3 Å². The van der Waals surface area contributed by atoms with Crippen LogP contribution in [0.4, 0.5) is 15.2 Å². The molecule has 4 N–H and O–H groups in total. The van der Waals surface area contributed by atoms with Gasteiger partial charge in [0.25, 0.3) is 5.91 Å². The molecule has 2 aromatic heterocycles. The Bertz CT molecular complexity index is 1150. The molecule has 1 aromatic carbocycles. The molecule has 0 unspecified atom stereocenters. The Balaban J connectivity index is 1.54. The summed E-state index contributed by atoms with van der Waals surface area (Å²) in [5, 5.41) is 13.8. The van der Waals surface area contributed by atoms with Crippen LogP contribution in [0.1, 0.15) is 54.7 Å². The van der Waals surface area contributed by atoms with Gasteiger partial charge in [-0.15, -0.1) is 11.3 Å². The zero-order valence-corrected chi connectivity index (χ0v) is 19.5. The molecular weight excluding hydrogens is 441 g/mol. The molecule has 3 aromatic rings. The Morgan fingerprint density at radius 1 is 1.30 bits per heavy atom. The van der Waals surface area contributed by atoms with Crippen LogP contribution in [0, 0.1) is 11.7 Å². The number of aromatic nitrogens is 1. The minimum absolute atomic E-state index is 0.259. The zero-order chi connectivity index (χ0) is 23.6. The van der Waals surface area contributed by atoms with E-state index >= 15 is 0 Å². The molecule has 174 valence electrons. The lowest BCUT2D eigenvalue weighted by atomic mass is 9.86. The van der Waals surface area contributed by atoms with E-state index in [9.17, 15) is 14.3 Å². The molecule has 0 bridgehead atoms. The SMILES string of the molecule is CC(C)(O)c1ccc(-c2cc(C(N)=O)c(Nc3cccc(COCC4CCC4)n3)s2)c(F)c1. The van der Waals surface area contributed by atoms with E-state index in [-0.39, 0.29) is 5.56 Å². The predicted molar refractivity (Wildman–Crippen MR) is 128 cm³/mol. The number of nitrogens with one attached hydrogen (secondary N) is 1. The number of nitrogens with zero attached hydrogens (tertiary/aromatic N) is 1. The van der Waals surface area contributed by atoms with Crippen LogP contribution in [-0.2, 0) is 16.9 Å². The predicted octanol–water partition coefficient (Wildman–Crippen LogP) is 5.34. The van der Waals surface area contributed by atoms with Crippen LogP contribution in [-0.4, -0.2) is 22.6 Å². The van der Waals surface area contributed by atoms with Gasteiger partial charge in [-0.3, -0.25) is 4.79 Å². The molecule has 1 amide bonds. The number of nitrogens with two attached hydrogens (primary N) is 1. The van der Waals surface area contributed by atoms with E-state index in [4.69, 9.17) is 10.5 Å². The average Bonchev–Trinajstić information content (AvgIpc) is 3.13. The molecule has 4 rings (SSSR count). The number of rotatable bonds is 9. The summed E-state index contributed by atoms with van der Waals surface area (Å²) in [4.78, 5) is 17.2. The second-order valence-corrected chi connectivity index (χ2v) is 9.97. The van der Waals surface area contributed by atoms with Crippen molar-refractivity contribution in [2.75, 3.05) is 11.9 Å². The molecule has 1 aliphatic carbocycles. The maximum atomic E-state index is 14.8. The number of benzene rings is 1. The number of ether oxygens (including phenoxy) is 1. The number of aliphatic hydroxyl groups is 1. The van der Waals surface area contributed by atoms with Crippen molar-refractivity contribution in [2.45, 2.75) is 45.3 Å². The van der Waals surface area contributed by atoms with Crippen molar-refractivity contribution in [3.05, 3.63) is 65.1 Å². The molecule has 0 atom stereocenters. The largest absolute Gasteiger partial charge is 0.386 e. The number of thiophene rings is 1. The lowest BCUT2D eigenvalue weighted by molar-refractivity contribution is 0.0580. The summed E-state index contributed by atoms with van der Waals surface area (Å²) in [7, 11) is 0. The first-order valence-electron chi connectivity index (χ1n) is 11.0. The van der Waals surface area contributed by atoms with E-state index in [1.165, 1.54) is 36.7 Å². The molecule has 1 fully saturated rings. The van der Waals surface area contributed by atoms with E-state index in [1.54, 1.807) is 38.1 Å². The number of hydrogen-bond donors (Lipinski definition) is 3. The molecule has 6 nitrogen and oxygen atoms in total. The van der Waals surface area contributed by atoms with Gasteiger partial charge in [0.1, 0.15) is 16.6 Å². The Morgan fingerprint density at radius 2 is 2.09 bits per heavy atom. The van der Waals surface area contributed by atoms with Crippen LogP contribution in [0.5, 0.6) is 0 Å². The minimum Gasteiger partial charge on any atom is -0.386 e. The first-order valence-corrected chi connectivity index (χ1v) is 11.8. The number of primary amides is 1. The second kappa shape index (κ2) is 9.59. The van der Waals surface area contributed by atoms with Gasteiger partial charge in [-0.2, -0.15) is 0 Å². The van der Waals surface area contributed by atoms with Gasteiger partial charge in [0, 0.05) is 17.0 Å². The summed E-state index contributed by atoms with van der Waals surface area (Å²) in [6.45, 7) is 4.36. The van der Waals surface area contributed by atoms with Crippen LogP contribution in [0.25, 0.3) is 10.4 Å². The zero-order valence-electron chi connectivity index (χ0n) is 18.7. The summed E-state index contributed by atoms with van der Waals surface area (Å²) in [5.74, 6) is 0.107. The van der Waals surface area contributed by atoms with Gasteiger partial charge >= 0.3 is 0 Å². The van der Waals surface area contributed by atoms with E-state index in [0.717, 1.165) is 12.3 Å². The summed E-state index contributed by atoms with van der Waals surface area (Å²) in [6, 6.07) is 11.7. The Kier molecular flexibility index (Phi) is 6.78. The van der Waals surface area contributed by atoms with Gasteiger partial charge in [0.2, 0.25) is 0 Å². The van der Waals surface area contributed by atoms with Gasteiger partial charge < -0.3 is 20.9 Å². The van der Waals surface area contributed by atoms with Crippen molar-refractivity contribution in [2.24, 2.45) is 11.7 Å². The lowest BCUT2D eigenvalue weighted by Gasteiger charge is -2.24. The van der Waals surface area contributed by atoms with Crippen LogP contribution in [0.3, 0.4) is 0 Å². The van der Waals surface area contributed by atoms with E-state index in [0.29, 0.717) is 39.3 Å². The van der Waals surface area contributed by atoms with Gasteiger partial charge in [-0.05, 0) is 62.4 Å². The molecule has 0 aliphatic heterocycles. The Morgan fingerprint density at radius 3 is 2.73 bits per heavy atom. The Labute approximate surface area is 196 Å². The molecular formula is C25H28FN3O3S.